The molecule has 2 rings (SSSR count). The van der Waals surface area contributed by atoms with Gasteiger partial charge in [0.25, 0.3) is 0 Å². The Morgan fingerprint density at radius 1 is 1.56 bits per heavy atom. The van der Waals surface area contributed by atoms with Gasteiger partial charge in [-0.05, 0) is 26.3 Å². The largest absolute Gasteiger partial charge is 0.338 e. The number of anilines is 1. The molecule has 1 atom stereocenters. The molecule has 1 aromatic heterocycles. The van der Waals surface area contributed by atoms with E-state index in [-0.39, 0.29) is 0 Å². The minimum Gasteiger partial charge on any atom is -0.338 e. The van der Waals surface area contributed by atoms with E-state index in [4.69, 9.17) is 0 Å². The topological polar surface area (TPSA) is 33.1 Å². The van der Waals surface area contributed by atoms with Crippen molar-refractivity contribution in [2.75, 3.05) is 24.5 Å². The van der Waals surface area contributed by atoms with Gasteiger partial charge in [0, 0.05) is 38.1 Å². The lowest BCUT2D eigenvalue weighted by atomic mass is 10.2. The van der Waals surface area contributed by atoms with Gasteiger partial charge in [0.15, 0.2) is 0 Å². The summed E-state index contributed by atoms with van der Waals surface area (Å²) >= 11 is 0. The number of hydrogen-bond donors (Lipinski definition) is 1. The molecular weight excluding hydrogens is 200 g/mol. The number of rotatable bonds is 5. The van der Waals surface area contributed by atoms with E-state index >= 15 is 0 Å². The lowest BCUT2D eigenvalue weighted by Crippen LogP contribution is -2.39. The first-order chi connectivity index (χ1) is 7.86. The summed E-state index contributed by atoms with van der Waals surface area (Å²) in [6, 6.07) is 0.618. The highest BCUT2D eigenvalue weighted by molar-refractivity contribution is 5.33. The molecule has 1 N–H and O–H groups in total. The summed E-state index contributed by atoms with van der Waals surface area (Å²) in [7, 11) is 0. The summed E-state index contributed by atoms with van der Waals surface area (Å²) in [5.41, 5.74) is 0. The Balaban J connectivity index is 2.17. The molecule has 2 heterocycles. The van der Waals surface area contributed by atoms with Gasteiger partial charge in [-0.3, -0.25) is 0 Å². The van der Waals surface area contributed by atoms with E-state index in [0.717, 1.165) is 32.1 Å². The molecule has 1 aliphatic heterocycles. The highest BCUT2D eigenvalue weighted by Gasteiger charge is 2.24. The molecular formula is C12H22N4. The van der Waals surface area contributed by atoms with Crippen molar-refractivity contribution in [3.05, 3.63) is 12.4 Å². The van der Waals surface area contributed by atoms with Gasteiger partial charge in [-0.2, -0.15) is 0 Å². The number of nitrogens with one attached hydrogen (secondary N) is 1. The van der Waals surface area contributed by atoms with Gasteiger partial charge in [0.2, 0.25) is 5.95 Å². The van der Waals surface area contributed by atoms with E-state index < -0.39 is 0 Å². The first-order valence-electron chi connectivity index (χ1n) is 6.35. The van der Waals surface area contributed by atoms with E-state index in [1.807, 2.05) is 6.20 Å². The molecule has 1 saturated heterocycles. The van der Waals surface area contributed by atoms with Crippen LogP contribution in [0, 0.1) is 0 Å². The van der Waals surface area contributed by atoms with Crippen LogP contribution < -0.4 is 10.2 Å². The molecule has 1 aliphatic rings. The maximum Gasteiger partial charge on any atom is 0.205 e. The predicted octanol–water partition coefficient (Wildman–Crippen LogP) is 1.48. The summed E-state index contributed by atoms with van der Waals surface area (Å²) in [6.07, 6.45) is 6.38. The smallest absolute Gasteiger partial charge is 0.205 e. The van der Waals surface area contributed by atoms with E-state index in [2.05, 4.69) is 39.8 Å². The molecule has 4 nitrogen and oxygen atoms in total. The van der Waals surface area contributed by atoms with Gasteiger partial charge in [0.1, 0.15) is 0 Å². The quantitative estimate of drug-likeness (QED) is 0.819. The van der Waals surface area contributed by atoms with Gasteiger partial charge in [-0.15, -0.1) is 0 Å². The second-order valence-corrected chi connectivity index (χ2v) is 4.35. The second-order valence-electron chi connectivity index (χ2n) is 4.35. The van der Waals surface area contributed by atoms with Crippen molar-refractivity contribution in [1.82, 2.24) is 14.9 Å². The Morgan fingerprint density at radius 3 is 3.06 bits per heavy atom. The molecule has 0 aromatic carbocycles. The average molecular weight is 222 g/mol. The number of aromatic nitrogens is 2. The Kier molecular flexibility index (Phi) is 3.83. The van der Waals surface area contributed by atoms with Gasteiger partial charge in [0.05, 0.1) is 0 Å². The fourth-order valence-electron chi connectivity index (χ4n) is 2.40. The van der Waals surface area contributed by atoms with E-state index in [1.54, 1.807) is 0 Å². The predicted molar refractivity (Wildman–Crippen MR) is 66.8 cm³/mol. The van der Waals surface area contributed by atoms with Crippen molar-refractivity contribution in [3.8, 4) is 0 Å². The normalized spacial score (nSPS) is 20.2. The zero-order chi connectivity index (χ0) is 11.4. The van der Waals surface area contributed by atoms with Crippen LogP contribution in [0.15, 0.2) is 12.4 Å². The number of imidazole rings is 1. The van der Waals surface area contributed by atoms with E-state index in [9.17, 15) is 0 Å². The van der Waals surface area contributed by atoms with Gasteiger partial charge < -0.3 is 14.8 Å². The summed E-state index contributed by atoms with van der Waals surface area (Å²) in [5, 5.41) is 3.43. The van der Waals surface area contributed by atoms with Crippen molar-refractivity contribution in [1.29, 1.82) is 0 Å². The molecule has 1 unspecified atom stereocenters. The molecule has 0 aliphatic carbocycles. The van der Waals surface area contributed by atoms with Gasteiger partial charge in [-0.1, -0.05) is 6.92 Å². The maximum absolute atomic E-state index is 4.51. The van der Waals surface area contributed by atoms with Gasteiger partial charge >= 0.3 is 0 Å². The molecule has 16 heavy (non-hydrogen) atoms. The third kappa shape index (κ3) is 2.21. The summed E-state index contributed by atoms with van der Waals surface area (Å²) in [5.74, 6) is 1.14. The van der Waals surface area contributed by atoms with Crippen LogP contribution in [0.5, 0.6) is 0 Å². The summed E-state index contributed by atoms with van der Waals surface area (Å²) < 4.78 is 2.23. The van der Waals surface area contributed by atoms with Crippen molar-refractivity contribution < 1.29 is 0 Å². The number of aryl methyl sites for hydroxylation is 1. The molecule has 0 radical (unpaired) electrons. The third-order valence-electron chi connectivity index (χ3n) is 3.23. The first-order valence-corrected chi connectivity index (χ1v) is 6.35. The van der Waals surface area contributed by atoms with Crippen LogP contribution in [0.2, 0.25) is 0 Å². The van der Waals surface area contributed by atoms with Crippen LogP contribution in [0.3, 0.4) is 0 Å². The summed E-state index contributed by atoms with van der Waals surface area (Å²) in [6.45, 7) is 8.73. The molecule has 4 heteroatoms. The first kappa shape index (κ1) is 11.5. The lowest BCUT2D eigenvalue weighted by Gasteiger charge is -2.29. The third-order valence-corrected chi connectivity index (χ3v) is 3.23. The number of nitrogens with zero attached hydrogens (tertiary/aromatic N) is 3. The molecule has 0 saturated carbocycles. The average Bonchev–Trinajstić information content (AvgIpc) is 2.96. The van der Waals surface area contributed by atoms with Crippen molar-refractivity contribution in [2.24, 2.45) is 0 Å². The number of hydrogen-bond acceptors (Lipinski definition) is 3. The SMILES string of the molecule is CCCN(c1nccn1CC)C1CCNC1. The molecule has 1 fully saturated rings. The molecule has 90 valence electrons. The van der Waals surface area contributed by atoms with Crippen LogP contribution >= 0.6 is 0 Å². The maximum atomic E-state index is 4.51. The van der Waals surface area contributed by atoms with E-state index in [0.29, 0.717) is 6.04 Å². The van der Waals surface area contributed by atoms with Gasteiger partial charge in [-0.25, -0.2) is 4.98 Å². The van der Waals surface area contributed by atoms with Crippen molar-refractivity contribution in [2.45, 2.75) is 39.3 Å². The Labute approximate surface area is 97.7 Å². The molecule has 0 amide bonds. The highest BCUT2D eigenvalue weighted by atomic mass is 15.3. The van der Waals surface area contributed by atoms with Crippen molar-refractivity contribution >= 4 is 5.95 Å². The van der Waals surface area contributed by atoms with E-state index in [1.165, 1.54) is 12.8 Å². The van der Waals surface area contributed by atoms with Crippen molar-refractivity contribution in [3.63, 3.8) is 0 Å². The monoisotopic (exact) mass is 222 g/mol. The zero-order valence-electron chi connectivity index (χ0n) is 10.3. The minimum atomic E-state index is 0.618. The van der Waals surface area contributed by atoms with Crippen LogP contribution in [0.4, 0.5) is 5.95 Å². The Morgan fingerprint density at radius 2 is 2.44 bits per heavy atom. The zero-order valence-corrected chi connectivity index (χ0v) is 10.3. The molecule has 0 spiro atoms. The fourth-order valence-corrected chi connectivity index (χ4v) is 2.40. The van der Waals surface area contributed by atoms with Crippen LogP contribution in [0.25, 0.3) is 0 Å². The minimum absolute atomic E-state index is 0.618. The van der Waals surface area contributed by atoms with Crippen LogP contribution in [0.1, 0.15) is 26.7 Å². The molecule has 0 bridgehead atoms. The van der Waals surface area contributed by atoms with Crippen LogP contribution in [-0.2, 0) is 6.54 Å². The second kappa shape index (κ2) is 5.34. The lowest BCUT2D eigenvalue weighted by molar-refractivity contribution is 0.589. The highest BCUT2D eigenvalue weighted by Crippen LogP contribution is 2.18. The Bertz CT molecular complexity index is 315. The summed E-state index contributed by atoms with van der Waals surface area (Å²) in [4.78, 5) is 6.97. The molecule has 1 aromatic rings. The standard InChI is InChI=1S/C12H22N4/c1-3-8-16(11-5-6-13-10-11)12-14-7-9-15(12)4-2/h7,9,11,13H,3-6,8,10H2,1-2H3. The fraction of sp³-hybridized carbons (Fsp3) is 0.750. The Hall–Kier alpha value is -1.03. The van der Waals surface area contributed by atoms with Crippen LogP contribution in [-0.4, -0.2) is 35.2 Å².